The molecule has 3 atom stereocenters. The van der Waals surface area contributed by atoms with Gasteiger partial charge in [-0.3, -0.25) is 4.79 Å². The van der Waals surface area contributed by atoms with Gasteiger partial charge in [-0.15, -0.1) is 0 Å². The molecule has 0 saturated carbocycles. The number of hydrogen-bond donors (Lipinski definition) is 1. The fourth-order valence-electron chi connectivity index (χ4n) is 3.78. The molecule has 0 aromatic heterocycles. The zero-order valence-corrected chi connectivity index (χ0v) is 13.8. The molecule has 2 aliphatic heterocycles. The molecule has 0 spiro atoms. The Morgan fingerprint density at radius 3 is 2.68 bits per heavy atom. The van der Waals surface area contributed by atoms with Gasteiger partial charge in [-0.05, 0) is 50.9 Å². The quantitative estimate of drug-likeness (QED) is 0.932. The Morgan fingerprint density at radius 1 is 1.36 bits per heavy atom. The van der Waals surface area contributed by atoms with Gasteiger partial charge < -0.3 is 15.0 Å². The summed E-state index contributed by atoms with van der Waals surface area (Å²) in [4.78, 5) is 15.0. The van der Waals surface area contributed by atoms with Crippen LogP contribution in [0, 0.1) is 5.41 Å². The van der Waals surface area contributed by atoms with Crippen LogP contribution in [0.4, 0.5) is 0 Å². The molecular weight excluding hydrogens is 276 g/mol. The van der Waals surface area contributed by atoms with Crippen LogP contribution in [0.3, 0.4) is 0 Å². The molecule has 3 rings (SSSR count). The number of hydrogen-bond acceptors (Lipinski definition) is 3. The summed E-state index contributed by atoms with van der Waals surface area (Å²) >= 11 is 0. The second kappa shape index (κ2) is 5.92. The Morgan fingerprint density at radius 2 is 2.09 bits per heavy atom. The number of nitrogens with one attached hydrogen (secondary N) is 1. The highest BCUT2D eigenvalue weighted by atomic mass is 16.5. The second-order valence-electron chi connectivity index (χ2n) is 7.00. The molecule has 2 saturated heterocycles. The summed E-state index contributed by atoms with van der Waals surface area (Å²) in [5.41, 5.74) is 1.08. The zero-order valence-electron chi connectivity index (χ0n) is 13.8. The van der Waals surface area contributed by atoms with Crippen LogP contribution in [0.5, 0.6) is 5.75 Å². The van der Waals surface area contributed by atoms with Crippen LogP contribution in [0.2, 0.25) is 0 Å². The summed E-state index contributed by atoms with van der Waals surface area (Å²) in [6.45, 7) is 6.87. The van der Waals surface area contributed by atoms with Gasteiger partial charge in [-0.1, -0.05) is 12.1 Å². The topological polar surface area (TPSA) is 41.6 Å². The van der Waals surface area contributed by atoms with Crippen LogP contribution in [-0.4, -0.2) is 43.6 Å². The van der Waals surface area contributed by atoms with Crippen molar-refractivity contribution in [1.29, 1.82) is 0 Å². The molecule has 2 heterocycles. The number of likely N-dealkylation sites (tertiary alicyclic amines) is 1. The smallest absolute Gasteiger partial charge is 0.230 e. The van der Waals surface area contributed by atoms with Crippen molar-refractivity contribution in [2.75, 3.05) is 26.7 Å². The van der Waals surface area contributed by atoms with Crippen LogP contribution >= 0.6 is 0 Å². The number of benzene rings is 1. The predicted molar refractivity (Wildman–Crippen MR) is 87.1 cm³/mol. The number of methoxy groups -OCH3 is 1. The van der Waals surface area contributed by atoms with Crippen LogP contribution in [0.15, 0.2) is 24.3 Å². The molecule has 1 N–H and O–H groups in total. The lowest BCUT2D eigenvalue weighted by Crippen LogP contribution is -2.45. The Hall–Kier alpha value is -1.55. The normalized spacial score (nSPS) is 31.5. The monoisotopic (exact) mass is 302 g/mol. The Balaban J connectivity index is 1.72. The summed E-state index contributed by atoms with van der Waals surface area (Å²) in [7, 11) is 1.68. The number of rotatable bonds is 3. The van der Waals surface area contributed by atoms with E-state index in [4.69, 9.17) is 4.74 Å². The maximum Gasteiger partial charge on any atom is 0.230 e. The summed E-state index contributed by atoms with van der Waals surface area (Å²) in [5, 5.41) is 3.33. The Labute approximate surface area is 132 Å². The minimum Gasteiger partial charge on any atom is -0.497 e. The minimum atomic E-state index is -0.219. The molecule has 1 amide bonds. The van der Waals surface area contributed by atoms with Crippen molar-refractivity contribution >= 4 is 5.91 Å². The van der Waals surface area contributed by atoms with E-state index in [1.807, 2.05) is 12.1 Å². The van der Waals surface area contributed by atoms with Crippen LogP contribution in [-0.2, 0) is 4.79 Å². The van der Waals surface area contributed by atoms with Crippen LogP contribution in [0.25, 0.3) is 0 Å². The largest absolute Gasteiger partial charge is 0.497 e. The van der Waals surface area contributed by atoms with Crippen LogP contribution in [0.1, 0.15) is 38.2 Å². The first-order valence-electron chi connectivity index (χ1n) is 8.19. The highest BCUT2D eigenvalue weighted by molar-refractivity contribution is 5.83. The first kappa shape index (κ1) is 15.3. The third kappa shape index (κ3) is 2.72. The standard InChI is InChI=1S/C18H26N2O2/c1-13-10-15(14-4-6-16(22-3)7-5-14)11-20(13)17(21)18(2)8-9-19-12-18/h4-7,13,15,19H,8-12H2,1-3H3. The average molecular weight is 302 g/mol. The van der Waals surface area contributed by atoms with Gasteiger partial charge >= 0.3 is 0 Å². The van der Waals surface area contributed by atoms with E-state index < -0.39 is 0 Å². The van der Waals surface area contributed by atoms with Crippen molar-refractivity contribution < 1.29 is 9.53 Å². The zero-order chi connectivity index (χ0) is 15.7. The second-order valence-corrected chi connectivity index (χ2v) is 7.00. The number of ether oxygens (including phenoxy) is 1. The van der Waals surface area contributed by atoms with Gasteiger partial charge in [0.15, 0.2) is 0 Å². The molecule has 22 heavy (non-hydrogen) atoms. The van der Waals surface area contributed by atoms with Crippen molar-refractivity contribution in [2.24, 2.45) is 5.41 Å². The molecule has 120 valence electrons. The summed E-state index contributed by atoms with van der Waals surface area (Å²) in [6.07, 6.45) is 1.99. The molecule has 2 aliphatic rings. The molecule has 2 fully saturated rings. The lowest BCUT2D eigenvalue weighted by atomic mass is 9.88. The lowest BCUT2D eigenvalue weighted by molar-refractivity contribution is -0.140. The molecule has 4 nitrogen and oxygen atoms in total. The van der Waals surface area contributed by atoms with Gasteiger partial charge in [0, 0.05) is 25.0 Å². The predicted octanol–water partition coefficient (Wildman–Crippen LogP) is 2.40. The van der Waals surface area contributed by atoms with Crippen molar-refractivity contribution in [3.05, 3.63) is 29.8 Å². The van der Waals surface area contributed by atoms with E-state index >= 15 is 0 Å². The van der Waals surface area contributed by atoms with Crippen molar-refractivity contribution in [3.63, 3.8) is 0 Å². The van der Waals surface area contributed by atoms with E-state index in [0.717, 1.165) is 38.2 Å². The fourth-order valence-corrected chi connectivity index (χ4v) is 3.78. The summed E-state index contributed by atoms with van der Waals surface area (Å²) in [5.74, 6) is 1.64. The first-order valence-corrected chi connectivity index (χ1v) is 8.19. The van der Waals surface area contributed by atoms with E-state index in [-0.39, 0.29) is 5.41 Å². The molecule has 1 aromatic rings. The van der Waals surface area contributed by atoms with Crippen molar-refractivity contribution in [1.82, 2.24) is 10.2 Å². The number of nitrogens with zero attached hydrogens (tertiary/aromatic N) is 1. The van der Waals surface area contributed by atoms with Gasteiger partial charge in [-0.2, -0.15) is 0 Å². The van der Waals surface area contributed by atoms with Gasteiger partial charge in [0.25, 0.3) is 0 Å². The van der Waals surface area contributed by atoms with Crippen molar-refractivity contribution in [3.8, 4) is 5.75 Å². The molecular formula is C18H26N2O2. The molecule has 0 aliphatic carbocycles. The molecule has 3 unspecified atom stereocenters. The van der Waals surface area contributed by atoms with E-state index in [2.05, 4.69) is 36.2 Å². The first-order chi connectivity index (χ1) is 10.5. The van der Waals surface area contributed by atoms with Crippen molar-refractivity contribution in [2.45, 2.75) is 38.6 Å². The third-order valence-corrected chi connectivity index (χ3v) is 5.31. The SMILES string of the molecule is COc1ccc(C2CC(C)N(C(=O)C3(C)CCNC3)C2)cc1. The van der Waals surface area contributed by atoms with Gasteiger partial charge in [0.2, 0.25) is 5.91 Å². The maximum atomic E-state index is 12.9. The highest BCUT2D eigenvalue weighted by Crippen LogP contribution is 2.36. The molecule has 1 aromatic carbocycles. The maximum absolute atomic E-state index is 12.9. The number of carbonyl (C=O) groups is 1. The average Bonchev–Trinajstić information content (AvgIpc) is 3.14. The van der Waals surface area contributed by atoms with Gasteiger partial charge in [0.1, 0.15) is 5.75 Å². The van der Waals surface area contributed by atoms with E-state index in [0.29, 0.717) is 17.9 Å². The van der Waals surface area contributed by atoms with Gasteiger partial charge in [0.05, 0.1) is 12.5 Å². The highest BCUT2D eigenvalue weighted by Gasteiger charge is 2.43. The third-order valence-electron chi connectivity index (χ3n) is 5.31. The fraction of sp³-hybridized carbons (Fsp3) is 0.611. The van der Waals surface area contributed by atoms with E-state index in [9.17, 15) is 4.79 Å². The Bertz CT molecular complexity index is 535. The molecule has 0 radical (unpaired) electrons. The minimum absolute atomic E-state index is 0.219. The van der Waals surface area contributed by atoms with E-state index in [1.54, 1.807) is 7.11 Å². The number of carbonyl (C=O) groups excluding carboxylic acids is 1. The number of amides is 1. The summed E-state index contributed by atoms with van der Waals surface area (Å²) in [6, 6.07) is 8.59. The summed E-state index contributed by atoms with van der Waals surface area (Å²) < 4.78 is 5.22. The lowest BCUT2D eigenvalue weighted by Gasteiger charge is -2.31. The van der Waals surface area contributed by atoms with Gasteiger partial charge in [-0.25, -0.2) is 0 Å². The molecule has 0 bridgehead atoms. The Kier molecular flexibility index (Phi) is 4.13. The molecule has 4 heteroatoms. The van der Waals surface area contributed by atoms with Crippen LogP contribution < -0.4 is 10.1 Å². The van der Waals surface area contributed by atoms with E-state index in [1.165, 1.54) is 5.56 Å².